The minimum Gasteiger partial charge on any atom is -0.462 e. The number of aliphatic hydroxyl groups excluding tert-OH is 1. The summed E-state index contributed by atoms with van der Waals surface area (Å²) in [5, 5.41) is 15.3. The average Bonchev–Trinajstić information content (AvgIpc) is 3.14. The minimum atomic E-state index is -4.48. The van der Waals surface area contributed by atoms with Gasteiger partial charge in [0.1, 0.15) is 24.0 Å². The second-order valence-corrected chi connectivity index (χ2v) is 11.6. The highest BCUT2D eigenvalue weighted by Crippen LogP contribution is 2.46. The number of carbonyl (C=O) groups is 2. The largest absolute Gasteiger partial charge is 0.462 e. The van der Waals surface area contributed by atoms with E-state index in [1.54, 1.807) is 27.7 Å². The zero-order valence-corrected chi connectivity index (χ0v) is 23.4. The molecule has 1 aliphatic heterocycles. The van der Waals surface area contributed by atoms with E-state index in [1.165, 1.54) is 19.9 Å². The van der Waals surface area contributed by atoms with Gasteiger partial charge >= 0.3 is 25.3 Å². The van der Waals surface area contributed by atoms with Crippen LogP contribution in [0.15, 0.2) is 17.1 Å². The highest BCUT2D eigenvalue weighted by atomic mass is 31.2. The van der Waals surface area contributed by atoms with E-state index in [-0.39, 0.29) is 5.82 Å². The first-order valence-electron chi connectivity index (χ1n) is 12.2. The molecule has 1 aliphatic rings. The quantitative estimate of drug-likeness (QED) is 0.191. The number of hydrogen-bond donors (Lipinski definition) is 4. The molecule has 0 aliphatic carbocycles. The summed E-state index contributed by atoms with van der Waals surface area (Å²) in [6, 6.07) is -1.30. The third-order valence-corrected chi connectivity index (χ3v) is 7.34. The van der Waals surface area contributed by atoms with Gasteiger partial charge in [0.25, 0.3) is 6.43 Å². The number of esters is 2. The summed E-state index contributed by atoms with van der Waals surface area (Å²) in [7, 11) is -4.48. The van der Waals surface area contributed by atoms with E-state index in [4.69, 9.17) is 24.5 Å². The van der Waals surface area contributed by atoms with Crippen LogP contribution < -0.4 is 21.6 Å². The standard InChI is InChI=1S/C22H36F2N5O9P/c1-11(2)36-18(31)13(5)27-39(34,28-14(6)19(32)37-12(3)4)35-10-22(20(23)24)9-15(30)17(38-22)29-8-7-16(25)26-21(29)33/h7-8,11-15,17,20,30H,9-10H2,1-6H3,(H2,25,26,33)(H2,27,28,34)/t13-,14-,15+,17+,22-/m0/s1. The highest BCUT2D eigenvalue weighted by molar-refractivity contribution is 7.54. The Morgan fingerprint density at radius 1 is 1.18 bits per heavy atom. The smallest absolute Gasteiger partial charge is 0.351 e. The molecule has 0 radical (unpaired) electrons. The molecule has 14 nitrogen and oxygen atoms in total. The first kappa shape index (κ1) is 32.7. The van der Waals surface area contributed by atoms with Crippen LogP contribution in [0.2, 0.25) is 0 Å². The summed E-state index contributed by atoms with van der Waals surface area (Å²) < 4.78 is 64.2. The highest BCUT2D eigenvalue weighted by Gasteiger charge is 2.54. The van der Waals surface area contributed by atoms with Crippen molar-refractivity contribution >= 4 is 25.4 Å². The van der Waals surface area contributed by atoms with Crippen LogP contribution in [-0.4, -0.2) is 75.6 Å². The molecular weight excluding hydrogens is 547 g/mol. The molecule has 0 saturated carbocycles. The van der Waals surface area contributed by atoms with E-state index in [2.05, 4.69) is 15.2 Å². The molecule has 2 heterocycles. The lowest BCUT2D eigenvalue weighted by molar-refractivity contribution is -0.169. The number of nitrogens with one attached hydrogen (secondary N) is 2. The van der Waals surface area contributed by atoms with Crippen LogP contribution >= 0.6 is 7.67 Å². The Hall–Kier alpha value is -2.49. The molecule has 0 aromatic carbocycles. The third-order valence-electron chi connectivity index (χ3n) is 5.39. The molecule has 1 aromatic heterocycles. The van der Waals surface area contributed by atoms with Gasteiger partial charge < -0.3 is 29.6 Å². The first-order chi connectivity index (χ1) is 18.0. The van der Waals surface area contributed by atoms with Crippen molar-refractivity contribution in [1.82, 2.24) is 19.7 Å². The third kappa shape index (κ3) is 8.75. The molecule has 0 bridgehead atoms. The Balaban J connectivity index is 2.32. The maximum absolute atomic E-state index is 14.3. The summed E-state index contributed by atoms with van der Waals surface area (Å²) >= 11 is 0. The van der Waals surface area contributed by atoms with Crippen molar-refractivity contribution in [3.8, 4) is 0 Å². The maximum atomic E-state index is 14.3. The van der Waals surface area contributed by atoms with Crippen LogP contribution in [-0.2, 0) is 32.9 Å². The predicted octanol–water partition coefficient (Wildman–Crippen LogP) is 1.09. The summed E-state index contributed by atoms with van der Waals surface area (Å²) in [6.07, 6.45) is -7.08. The normalized spacial score (nSPS) is 23.3. The number of carbonyl (C=O) groups excluding carboxylic acids is 2. The van der Waals surface area contributed by atoms with Gasteiger partial charge in [-0.15, -0.1) is 0 Å². The Labute approximate surface area is 224 Å². The van der Waals surface area contributed by atoms with E-state index in [0.717, 1.165) is 10.8 Å². The van der Waals surface area contributed by atoms with Gasteiger partial charge in [-0.05, 0) is 47.6 Å². The topological polar surface area (TPSA) is 193 Å². The van der Waals surface area contributed by atoms with Crippen molar-refractivity contribution in [3.63, 3.8) is 0 Å². The number of anilines is 1. The van der Waals surface area contributed by atoms with Gasteiger partial charge in [-0.3, -0.25) is 18.7 Å². The van der Waals surface area contributed by atoms with Crippen molar-refractivity contribution in [2.45, 2.75) is 96.6 Å². The SMILES string of the molecule is CC(C)OC(=O)[C@H](C)NP(=O)(N[C@@H](C)C(=O)OC(C)C)OC[C@]1(C(F)F)C[C@@H](O)[C@H](n2ccc(N)nc2=O)O1. The maximum Gasteiger partial charge on any atom is 0.351 e. The zero-order chi connectivity index (χ0) is 29.7. The fourth-order valence-corrected chi connectivity index (χ4v) is 5.43. The van der Waals surface area contributed by atoms with E-state index < -0.39 is 87.0 Å². The van der Waals surface area contributed by atoms with Gasteiger partial charge in [0.15, 0.2) is 11.8 Å². The van der Waals surface area contributed by atoms with Crippen molar-refractivity contribution in [2.24, 2.45) is 0 Å². The lowest BCUT2D eigenvalue weighted by atomic mass is 10.0. The van der Waals surface area contributed by atoms with Crippen molar-refractivity contribution in [3.05, 3.63) is 22.7 Å². The Kier molecular flexibility index (Phi) is 11.1. The lowest BCUT2D eigenvalue weighted by Crippen LogP contribution is -2.46. The molecule has 1 fully saturated rings. The number of hydrogen-bond acceptors (Lipinski definition) is 11. The number of aliphatic hydroxyl groups is 1. The summed E-state index contributed by atoms with van der Waals surface area (Å²) in [5.74, 6) is -1.76. The lowest BCUT2D eigenvalue weighted by Gasteiger charge is -2.32. The van der Waals surface area contributed by atoms with E-state index in [1.807, 2.05) is 0 Å². The fraction of sp³-hybridized carbons (Fsp3) is 0.727. The van der Waals surface area contributed by atoms with Crippen molar-refractivity contribution in [2.75, 3.05) is 12.3 Å². The van der Waals surface area contributed by atoms with Gasteiger partial charge in [0, 0.05) is 12.6 Å². The molecule has 0 unspecified atom stereocenters. The number of nitrogens with zero attached hydrogens (tertiary/aromatic N) is 2. The molecule has 2 rings (SSSR count). The van der Waals surface area contributed by atoms with Crippen LogP contribution in [0, 0.1) is 0 Å². The number of rotatable bonds is 13. The fourth-order valence-electron chi connectivity index (χ4n) is 3.58. The van der Waals surface area contributed by atoms with Crippen LogP contribution in [0.25, 0.3) is 0 Å². The number of halogens is 2. The van der Waals surface area contributed by atoms with Gasteiger partial charge in [-0.1, -0.05) is 0 Å². The molecule has 5 atom stereocenters. The molecule has 0 spiro atoms. The summed E-state index contributed by atoms with van der Waals surface area (Å²) in [6.45, 7) is 7.90. The second-order valence-electron chi connectivity index (χ2n) is 9.69. The van der Waals surface area contributed by atoms with E-state index in [9.17, 15) is 32.8 Å². The molecule has 17 heteroatoms. The van der Waals surface area contributed by atoms with Crippen molar-refractivity contribution < 1.29 is 46.8 Å². The average molecular weight is 584 g/mol. The Morgan fingerprint density at radius 3 is 2.13 bits per heavy atom. The molecule has 1 saturated heterocycles. The van der Waals surface area contributed by atoms with E-state index in [0.29, 0.717) is 0 Å². The number of aromatic nitrogens is 2. The zero-order valence-electron chi connectivity index (χ0n) is 22.5. The molecule has 39 heavy (non-hydrogen) atoms. The Bertz CT molecular complexity index is 1090. The number of nitrogen functional groups attached to an aromatic ring is 1. The first-order valence-corrected chi connectivity index (χ1v) is 13.8. The summed E-state index contributed by atoms with van der Waals surface area (Å²) in [5.41, 5.74) is 1.97. The number of ether oxygens (including phenoxy) is 3. The second kappa shape index (κ2) is 13.2. The van der Waals surface area contributed by atoms with Gasteiger partial charge in [-0.2, -0.15) is 4.98 Å². The predicted molar refractivity (Wildman–Crippen MR) is 134 cm³/mol. The molecule has 1 aromatic rings. The van der Waals surface area contributed by atoms with Crippen LogP contribution in [0.1, 0.15) is 54.2 Å². The molecule has 5 N–H and O–H groups in total. The van der Waals surface area contributed by atoms with Crippen LogP contribution in [0.5, 0.6) is 0 Å². The van der Waals surface area contributed by atoms with Crippen LogP contribution in [0.4, 0.5) is 14.6 Å². The van der Waals surface area contributed by atoms with Gasteiger partial charge in [0.2, 0.25) is 0 Å². The minimum absolute atomic E-state index is 0.125. The van der Waals surface area contributed by atoms with Crippen molar-refractivity contribution in [1.29, 1.82) is 0 Å². The Morgan fingerprint density at radius 2 is 1.69 bits per heavy atom. The molecular formula is C22H36F2N5O9P. The van der Waals surface area contributed by atoms with Crippen LogP contribution in [0.3, 0.4) is 0 Å². The van der Waals surface area contributed by atoms with E-state index >= 15 is 0 Å². The van der Waals surface area contributed by atoms with Gasteiger partial charge in [-0.25, -0.2) is 23.7 Å². The number of nitrogens with two attached hydrogens (primary N) is 1. The number of alkyl halides is 2. The monoisotopic (exact) mass is 583 g/mol. The molecule has 222 valence electrons. The summed E-state index contributed by atoms with van der Waals surface area (Å²) in [4.78, 5) is 40.3. The van der Waals surface area contributed by atoms with Gasteiger partial charge in [0.05, 0.1) is 18.8 Å². The molecule has 0 amide bonds.